The Morgan fingerprint density at radius 3 is 1.91 bits per heavy atom. The van der Waals surface area contributed by atoms with Crippen molar-refractivity contribution in [3.63, 3.8) is 0 Å². The molecule has 0 fully saturated rings. The number of rotatable bonds is 7. The highest BCUT2D eigenvalue weighted by Gasteiger charge is 2.13. The van der Waals surface area contributed by atoms with E-state index in [0.717, 1.165) is 22.6 Å². The molecule has 0 heterocycles. The van der Waals surface area contributed by atoms with Gasteiger partial charge in [-0.1, -0.05) is 60.7 Å². The first-order valence-corrected chi connectivity index (χ1v) is 10.9. The average Bonchev–Trinajstić information content (AvgIpc) is 2.87. The topological polar surface area (TPSA) is 82.8 Å². The number of nitrogens with zero attached hydrogens (tertiary/aromatic N) is 3. The summed E-state index contributed by atoms with van der Waals surface area (Å²) in [5.41, 5.74) is 6.92. The maximum absolute atomic E-state index is 11.1. The Morgan fingerprint density at radius 2 is 1.32 bits per heavy atom. The van der Waals surface area contributed by atoms with E-state index in [0.29, 0.717) is 5.69 Å². The highest BCUT2D eigenvalue weighted by Crippen LogP contribution is 2.33. The molecule has 4 aromatic carbocycles. The lowest BCUT2D eigenvalue weighted by molar-refractivity contribution is -0.383. The molecular weight excluding hydrogens is 446 g/mol. The van der Waals surface area contributed by atoms with E-state index in [2.05, 4.69) is 45.0 Å². The molecule has 8 heteroatoms. The van der Waals surface area contributed by atoms with Crippen LogP contribution >= 0.6 is 12.2 Å². The lowest BCUT2D eigenvalue weighted by Gasteiger charge is -2.25. The summed E-state index contributed by atoms with van der Waals surface area (Å²) in [6.07, 6.45) is 1.63. The minimum absolute atomic E-state index is 0.0624. The van der Waals surface area contributed by atoms with Gasteiger partial charge in [-0.25, -0.2) is 0 Å². The largest absolute Gasteiger partial charge is 0.326 e. The second-order valence-electron chi connectivity index (χ2n) is 7.20. The first kappa shape index (κ1) is 22.6. The van der Waals surface area contributed by atoms with Crippen molar-refractivity contribution < 1.29 is 4.92 Å². The van der Waals surface area contributed by atoms with Crippen LogP contribution in [0.5, 0.6) is 0 Å². The fraction of sp³-hybridized carbons (Fsp3) is 0. The van der Waals surface area contributed by atoms with Gasteiger partial charge in [-0.2, -0.15) is 5.10 Å². The summed E-state index contributed by atoms with van der Waals surface area (Å²) in [5.74, 6) is 0. The molecule has 0 aliphatic carbocycles. The molecule has 168 valence electrons. The second kappa shape index (κ2) is 10.8. The van der Waals surface area contributed by atoms with Gasteiger partial charge >= 0.3 is 0 Å². The van der Waals surface area contributed by atoms with Crippen molar-refractivity contribution in [2.75, 3.05) is 10.2 Å². The first-order valence-electron chi connectivity index (χ1n) is 10.5. The summed E-state index contributed by atoms with van der Waals surface area (Å²) in [7, 11) is 0. The summed E-state index contributed by atoms with van der Waals surface area (Å²) in [5, 5.41) is 18.2. The van der Waals surface area contributed by atoms with Crippen LogP contribution in [0, 0.1) is 10.1 Å². The molecule has 34 heavy (non-hydrogen) atoms. The molecule has 0 bridgehead atoms. The molecule has 0 aromatic heterocycles. The third kappa shape index (κ3) is 5.62. The van der Waals surface area contributed by atoms with Gasteiger partial charge < -0.3 is 10.2 Å². The summed E-state index contributed by atoms with van der Waals surface area (Å²) in [4.78, 5) is 12.8. The number of benzene rings is 4. The molecule has 0 unspecified atom stereocenters. The maximum atomic E-state index is 11.1. The highest BCUT2D eigenvalue weighted by molar-refractivity contribution is 7.80. The van der Waals surface area contributed by atoms with Gasteiger partial charge in [-0.05, 0) is 60.2 Å². The van der Waals surface area contributed by atoms with Crippen LogP contribution in [0.3, 0.4) is 0 Å². The maximum Gasteiger partial charge on any atom is 0.292 e. The van der Waals surface area contributed by atoms with Crippen LogP contribution in [0.1, 0.15) is 5.56 Å². The van der Waals surface area contributed by atoms with Gasteiger partial charge in [-0.15, -0.1) is 0 Å². The second-order valence-corrected chi connectivity index (χ2v) is 7.60. The van der Waals surface area contributed by atoms with Crippen molar-refractivity contribution in [2.24, 2.45) is 5.10 Å². The van der Waals surface area contributed by atoms with E-state index in [1.54, 1.807) is 24.4 Å². The molecule has 0 saturated carbocycles. The average molecular weight is 468 g/mol. The molecule has 0 amide bonds. The Kier molecular flexibility index (Phi) is 7.22. The monoisotopic (exact) mass is 467 g/mol. The highest BCUT2D eigenvalue weighted by atomic mass is 32.1. The van der Waals surface area contributed by atoms with Crippen LogP contribution in [0.2, 0.25) is 0 Å². The minimum Gasteiger partial charge on any atom is -0.326 e. The van der Waals surface area contributed by atoms with Crippen LogP contribution in [-0.4, -0.2) is 16.3 Å². The number of thiocarbonyl (C=S) groups is 1. The fourth-order valence-corrected chi connectivity index (χ4v) is 3.53. The van der Waals surface area contributed by atoms with Crippen molar-refractivity contribution in [3.8, 4) is 0 Å². The van der Waals surface area contributed by atoms with Gasteiger partial charge in [0.15, 0.2) is 5.11 Å². The standard InChI is InChI=1S/C26H21N5O2S/c32-31(33)25-14-8-7-13-24(25)28-26(34)29-27-19-20-15-17-23(18-16-20)30(21-9-3-1-4-10-21)22-11-5-2-6-12-22/h1-19H,(H2,28,29,34)/b27-19-. The van der Waals surface area contributed by atoms with Crippen LogP contribution in [0.15, 0.2) is 114 Å². The number of para-hydroxylation sites is 4. The normalized spacial score (nSPS) is 10.6. The Hall–Kier alpha value is -4.56. The molecule has 7 nitrogen and oxygen atoms in total. The number of hydrogen-bond donors (Lipinski definition) is 2. The van der Waals surface area contributed by atoms with Crippen molar-refractivity contribution in [1.29, 1.82) is 0 Å². The lowest BCUT2D eigenvalue weighted by Crippen LogP contribution is -2.24. The number of nitro benzene ring substituents is 1. The number of nitro groups is 1. The quantitative estimate of drug-likeness (QED) is 0.142. The number of anilines is 4. The van der Waals surface area contributed by atoms with E-state index < -0.39 is 4.92 Å². The summed E-state index contributed by atoms with van der Waals surface area (Å²) < 4.78 is 0. The molecule has 0 aliphatic rings. The third-order valence-corrected chi connectivity index (χ3v) is 5.10. The zero-order valence-corrected chi connectivity index (χ0v) is 18.9. The summed E-state index contributed by atoms with van der Waals surface area (Å²) >= 11 is 5.20. The van der Waals surface area contributed by atoms with E-state index in [-0.39, 0.29) is 10.8 Å². The summed E-state index contributed by atoms with van der Waals surface area (Å²) in [6.45, 7) is 0. The van der Waals surface area contributed by atoms with Crippen molar-refractivity contribution in [2.45, 2.75) is 0 Å². The van der Waals surface area contributed by atoms with E-state index in [4.69, 9.17) is 12.2 Å². The van der Waals surface area contributed by atoms with Gasteiger partial charge in [0.2, 0.25) is 0 Å². The van der Waals surface area contributed by atoms with Crippen LogP contribution in [0.4, 0.5) is 28.4 Å². The summed E-state index contributed by atoms with van der Waals surface area (Å²) in [6, 6.07) is 34.5. The number of hydrogen-bond acceptors (Lipinski definition) is 5. The first-order chi connectivity index (χ1) is 16.6. The smallest absolute Gasteiger partial charge is 0.292 e. The van der Waals surface area contributed by atoms with E-state index in [9.17, 15) is 10.1 Å². The molecule has 0 saturated heterocycles. The Balaban J connectivity index is 1.45. The molecule has 4 aromatic rings. The molecule has 0 aliphatic heterocycles. The van der Waals surface area contributed by atoms with E-state index in [1.807, 2.05) is 60.7 Å². The minimum atomic E-state index is -0.468. The Bertz CT molecular complexity index is 1260. The molecule has 0 atom stereocenters. The van der Waals surface area contributed by atoms with Crippen LogP contribution < -0.4 is 15.6 Å². The molecule has 4 rings (SSSR count). The Labute approximate surface area is 202 Å². The zero-order valence-electron chi connectivity index (χ0n) is 18.0. The van der Waals surface area contributed by atoms with Crippen molar-refractivity contribution in [1.82, 2.24) is 5.43 Å². The van der Waals surface area contributed by atoms with Gasteiger partial charge in [0.05, 0.1) is 11.1 Å². The predicted molar refractivity (Wildman–Crippen MR) is 141 cm³/mol. The van der Waals surface area contributed by atoms with Crippen molar-refractivity contribution in [3.05, 3.63) is 125 Å². The van der Waals surface area contributed by atoms with Crippen molar-refractivity contribution >= 4 is 52.0 Å². The zero-order chi connectivity index (χ0) is 23.8. The SMILES string of the molecule is O=[N+]([O-])c1ccccc1NC(=S)N/N=C\c1ccc(N(c2ccccc2)c2ccccc2)cc1. The molecular formula is C26H21N5O2S. The lowest BCUT2D eigenvalue weighted by atomic mass is 10.1. The molecule has 0 spiro atoms. The fourth-order valence-electron chi connectivity index (χ4n) is 3.37. The van der Waals surface area contributed by atoms with E-state index >= 15 is 0 Å². The van der Waals surface area contributed by atoms with Gasteiger partial charge in [0.25, 0.3) is 5.69 Å². The molecule has 0 radical (unpaired) electrons. The van der Waals surface area contributed by atoms with Crippen LogP contribution in [-0.2, 0) is 0 Å². The predicted octanol–water partition coefficient (Wildman–Crippen LogP) is 6.39. The van der Waals surface area contributed by atoms with Crippen LogP contribution in [0.25, 0.3) is 0 Å². The number of nitrogens with one attached hydrogen (secondary N) is 2. The van der Waals surface area contributed by atoms with E-state index in [1.165, 1.54) is 6.07 Å². The van der Waals surface area contributed by atoms with Gasteiger partial charge in [0, 0.05) is 23.1 Å². The Morgan fingerprint density at radius 1 is 0.794 bits per heavy atom. The van der Waals surface area contributed by atoms with Gasteiger partial charge in [0.1, 0.15) is 5.69 Å². The molecule has 2 N–H and O–H groups in total. The van der Waals surface area contributed by atoms with Gasteiger partial charge in [-0.3, -0.25) is 15.5 Å². The third-order valence-electron chi connectivity index (χ3n) is 4.91. The number of hydrazone groups is 1.